The van der Waals surface area contributed by atoms with Gasteiger partial charge in [-0.25, -0.2) is 5.43 Å². The lowest BCUT2D eigenvalue weighted by Crippen LogP contribution is -2.38. The first kappa shape index (κ1) is 19.3. The Hall–Kier alpha value is -1.79. The van der Waals surface area contributed by atoms with Crippen LogP contribution < -0.4 is 15.5 Å². The van der Waals surface area contributed by atoms with Crippen LogP contribution in [0.5, 0.6) is 5.75 Å². The maximum Gasteiger partial charge on any atom is 0.329 e. The summed E-state index contributed by atoms with van der Waals surface area (Å²) in [6, 6.07) is 3.19. The molecule has 0 saturated heterocycles. The van der Waals surface area contributed by atoms with Crippen molar-refractivity contribution in [2.24, 2.45) is 5.10 Å². The van der Waals surface area contributed by atoms with Gasteiger partial charge in [0.15, 0.2) is 5.75 Å². The van der Waals surface area contributed by atoms with E-state index in [1.807, 2.05) is 13.8 Å². The van der Waals surface area contributed by atoms with Crippen LogP contribution in [-0.4, -0.2) is 31.2 Å². The van der Waals surface area contributed by atoms with Crippen LogP contribution in [0, 0.1) is 0 Å². The molecule has 0 saturated carbocycles. The standard InChI is InChI=1S/C15H19Cl2N3O3/c1-3-5-6-18-14(21)15(22)20-19-9-10-7-11(16)13(23-4-2)12(17)8-10/h7-9H,3-6H2,1-2H3,(H,18,21)(H,20,22)/b19-9-. The van der Waals surface area contributed by atoms with Gasteiger partial charge in [-0.2, -0.15) is 5.10 Å². The van der Waals surface area contributed by atoms with Gasteiger partial charge < -0.3 is 10.1 Å². The summed E-state index contributed by atoms with van der Waals surface area (Å²) in [5, 5.41) is 6.87. The van der Waals surface area contributed by atoms with Gasteiger partial charge in [-0.3, -0.25) is 9.59 Å². The van der Waals surface area contributed by atoms with E-state index in [1.54, 1.807) is 12.1 Å². The highest BCUT2D eigenvalue weighted by molar-refractivity contribution is 6.37. The van der Waals surface area contributed by atoms with Gasteiger partial charge in [0, 0.05) is 6.54 Å². The van der Waals surface area contributed by atoms with Gasteiger partial charge in [0.2, 0.25) is 0 Å². The molecule has 0 aliphatic carbocycles. The Bertz CT molecular complexity index is 568. The molecule has 0 aliphatic heterocycles. The molecule has 1 aromatic rings. The van der Waals surface area contributed by atoms with Crippen LogP contribution in [0.3, 0.4) is 0 Å². The highest BCUT2D eigenvalue weighted by Gasteiger charge is 2.11. The van der Waals surface area contributed by atoms with Gasteiger partial charge in [0.05, 0.1) is 22.9 Å². The van der Waals surface area contributed by atoms with Crippen molar-refractivity contribution >= 4 is 41.2 Å². The summed E-state index contributed by atoms with van der Waals surface area (Å²) in [5.41, 5.74) is 2.70. The number of halogens is 2. The summed E-state index contributed by atoms with van der Waals surface area (Å²) >= 11 is 12.1. The lowest BCUT2D eigenvalue weighted by molar-refractivity contribution is -0.139. The maximum atomic E-state index is 11.5. The van der Waals surface area contributed by atoms with Crippen LogP contribution in [-0.2, 0) is 9.59 Å². The van der Waals surface area contributed by atoms with Crippen molar-refractivity contribution in [1.82, 2.24) is 10.7 Å². The summed E-state index contributed by atoms with van der Waals surface area (Å²) < 4.78 is 5.31. The van der Waals surface area contributed by atoms with E-state index in [0.717, 1.165) is 12.8 Å². The van der Waals surface area contributed by atoms with E-state index in [2.05, 4.69) is 15.8 Å². The third kappa shape index (κ3) is 6.46. The zero-order valence-electron chi connectivity index (χ0n) is 13.0. The lowest BCUT2D eigenvalue weighted by atomic mass is 10.2. The van der Waals surface area contributed by atoms with E-state index in [1.165, 1.54) is 6.21 Å². The van der Waals surface area contributed by atoms with Crippen molar-refractivity contribution in [2.45, 2.75) is 26.7 Å². The average molecular weight is 360 g/mol. The molecule has 23 heavy (non-hydrogen) atoms. The van der Waals surface area contributed by atoms with E-state index in [0.29, 0.717) is 34.5 Å². The summed E-state index contributed by atoms with van der Waals surface area (Å²) in [6.07, 6.45) is 3.08. The number of hydrogen-bond donors (Lipinski definition) is 2. The van der Waals surface area contributed by atoms with Crippen LogP contribution in [0.15, 0.2) is 17.2 Å². The van der Waals surface area contributed by atoms with Crippen molar-refractivity contribution in [3.05, 3.63) is 27.7 Å². The third-order valence-corrected chi connectivity index (χ3v) is 3.27. The number of nitrogens with zero attached hydrogens (tertiary/aromatic N) is 1. The van der Waals surface area contributed by atoms with E-state index in [4.69, 9.17) is 27.9 Å². The van der Waals surface area contributed by atoms with Crippen molar-refractivity contribution in [3.63, 3.8) is 0 Å². The number of carbonyl (C=O) groups excluding carboxylic acids is 2. The monoisotopic (exact) mass is 359 g/mol. The van der Waals surface area contributed by atoms with E-state index < -0.39 is 11.8 Å². The van der Waals surface area contributed by atoms with Gasteiger partial charge in [-0.05, 0) is 31.0 Å². The van der Waals surface area contributed by atoms with Crippen molar-refractivity contribution in [1.29, 1.82) is 0 Å². The molecular formula is C15H19Cl2N3O3. The van der Waals surface area contributed by atoms with E-state index in [9.17, 15) is 9.59 Å². The number of benzene rings is 1. The average Bonchev–Trinajstić information content (AvgIpc) is 2.51. The highest BCUT2D eigenvalue weighted by atomic mass is 35.5. The molecule has 0 unspecified atom stereocenters. The number of unbranched alkanes of at least 4 members (excludes halogenated alkanes) is 1. The number of hydrazone groups is 1. The van der Waals surface area contributed by atoms with Crippen LogP contribution in [0.1, 0.15) is 32.3 Å². The Labute approximate surface area is 145 Å². The second kappa shape index (κ2) is 10.1. The van der Waals surface area contributed by atoms with Crippen molar-refractivity contribution in [2.75, 3.05) is 13.2 Å². The summed E-state index contributed by atoms with van der Waals surface area (Å²) in [7, 11) is 0. The molecule has 126 valence electrons. The molecule has 2 N–H and O–H groups in total. The SMILES string of the molecule is CCCCNC(=O)C(=O)N/N=C\c1cc(Cl)c(OCC)c(Cl)c1. The fourth-order valence-electron chi connectivity index (χ4n) is 1.61. The smallest absolute Gasteiger partial charge is 0.329 e. The van der Waals surface area contributed by atoms with Crippen LogP contribution in [0.2, 0.25) is 10.0 Å². The second-order valence-corrected chi connectivity index (χ2v) is 5.37. The predicted octanol–water partition coefficient (Wildman–Crippen LogP) is 2.76. The first-order valence-electron chi connectivity index (χ1n) is 7.22. The van der Waals surface area contributed by atoms with Gasteiger partial charge in [0.1, 0.15) is 0 Å². The minimum Gasteiger partial charge on any atom is -0.491 e. The van der Waals surface area contributed by atoms with Gasteiger partial charge in [-0.1, -0.05) is 36.5 Å². The minimum atomic E-state index is -0.833. The number of hydrogen-bond acceptors (Lipinski definition) is 4. The Kier molecular flexibility index (Phi) is 8.43. The molecule has 0 radical (unpaired) electrons. The van der Waals surface area contributed by atoms with E-state index in [-0.39, 0.29) is 0 Å². The quantitative estimate of drug-likeness (QED) is 0.340. The normalized spacial score (nSPS) is 10.6. The largest absolute Gasteiger partial charge is 0.491 e. The molecule has 2 amide bonds. The molecule has 6 nitrogen and oxygen atoms in total. The molecule has 0 aromatic heterocycles. The Morgan fingerprint density at radius 3 is 2.43 bits per heavy atom. The first-order chi connectivity index (χ1) is 11.0. The summed E-state index contributed by atoms with van der Waals surface area (Å²) in [4.78, 5) is 22.9. The number of nitrogens with one attached hydrogen (secondary N) is 2. The Morgan fingerprint density at radius 2 is 1.87 bits per heavy atom. The summed E-state index contributed by atoms with van der Waals surface area (Å²) in [5.74, 6) is -1.16. The van der Waals surface area contributed by atoms with Crippen LogP contribution >= 0.6 is 23.2 Å². The molecule has 0 fully saturated rings. The number of amides is 2. The minimum absolute atomic E-state index is 0.337. The first-order valence-corrected chi connectivity index (χ1v) is 7.98. The maximum absolute atomic E-state index is 11.5. The molecule has 1 rings (SSSR count). The predicted molar refractivity (Wildman–Crippen MR) is 91.3 cm³/mol. The van der Waals surface area contributed by atoms with Crippen LogP contribution in [0.25, 0.3) is 0 Å². The van der Waals surface area contributed by atoms with Crippen molar-refractivity contribution in [3.8, 4) is 5.75 Å². The number of rotatable bonds is 7. The Morgan fingerprint density at radius 1 is 1.22 bits per heavy atom. The molecule has 0 atom stereocenters. The fraction of sp³-hybridized carbons (Fsp3) is 0.400. The zero-order valence-corrected chi connectivity index (χ0v) is 14.5. The number of carbonyl (C=O) groups is 2. The lowest BCUT2D eigenvalue weighted by Gasteiger charge is -2.08. The molecule has 0 aliphatic rings. The van der Waals surface area contributed by atoms with Gasteiger partial charge >= 0.3 is 11.8 Å². The molecule has 1 aromatic carbocycles. The topological polar surface area (TPSA) is 79.8 Å². The van der Waals surface area contributed by atoms with Gasteiger partial charge in [0.25, 0.3) is 0 Å². The summed E-state index contributed by atoms with van der Waals surface area (Å²) in [6.45, 7) is 4.71. The molecule has 0 bridgehead atoms. The highest BCUT2D eigenvalue weighted by Crippen LogP contribution is 2.33. The number of ether oxygens (including phenoxy) is 1. The molecular weight excluding hydrogens is 341 g/mol. The third-order valence-electron chi connectivity index (χ3n) is 2.71. The second-order valence-electron chi connectivity index (χ2n) is 4.56. The van der Waals surface area contributed by atoms with Crippen molar-refractivity contribution < 1.29 is 14.3 Å². The fourth-order valence-corrected chi connectivity index (χ4v) is 2.22. The van der Waals surface area contributed by atoms with Crippen LogP contribution in [0.4, 0.5) is 0 Å². The Balaban J connectivity index is 2.61. The molecule has 0 heterocycles. The van der Waals surface area contributed by atoms with Gasteiger partial charge in [-0.15, -0.1) is 0 Å². The molecule has 8 heteroatoms. The molecule has 0 spiro atoms. The van der Waals surface area contributed by atoms with E-state index >= 15 is 0 Å². The zero-order chi connectivity index (χ0) is 17.2.